The minimum absolute atomic E-state index is 0.140. The van der Waals surface area contributed by atoms with Gasteiger partial charge in [-0.2, -0.15) is 11.8 Å². The van der Waals surface area contributed by atoms with Crippen molar-refractivity contribution in [3.05, 3.63) is 48.0 Å². The van der Waals surface area contributed by atoms with Gasteiger partial charge >= 0.3 is 5.97 Å². The van der Waals surface area contributed by atoms with Crippen LogP contribution in [0.3, 0.4) is 0 Å². The Balaban J connectivity index is 2.10. The molecule has 94 valence electrons. The van der Waals surface area contributed by atoms with Crippen LogP contribution in [-0.4, -0.2) is 16.3 Å². The number of aliphatic carboxylic acids is 1. The van der Waals surface area contributed by atoms with E-state index in [2.05, 4.69) is 30.3 Å². The molecule has 0 aromatic heterocycles. The minimum atomic E-state index is -0.729. The lowest BCUT2D eigenvalue weighted by Crippen LogP contribution is -2.05. The van der Waals surface area contributed by atoms with Crippen molar-refractivity contribution >= 4 is 28.5 Å². The summed E-state index contributed by atoms with van der Waals surface area (Å²) in [5.41, 5.74) is 1.27. The lowest BCUT2D eigenvalue weighted by Gasteiger charge is -2.10. The highest BCUT2D eigenvalue weighted by molar-refractivity contribution is 7.99. The van der Waals surface area contributed by atoms with Gasteiger partial charge in [0.25, 0.3) is 0 Å². The number of hydrogen-bond acceptors (Lipinski definition) is 2. The van der Waals surface area contributed by atoms with Crippen molar-refractivity contribution in [1.29, 1.82) is 0 Å². The Labute approximate surface area is 111 Å². The summed E-state index contributed by atoms with van der Waals surface area (Å²) in [4.78, 5) is 10.6. The second kappa shape index (κ2) is 5.91. The molecule has 0 aliphatic rings. The molecule has 0 saturated carbocycles. The SMILES string of the molecule is CC(CC(=O)O)SCc1cccc2ccccc12. The van der Waals surface area contributed by atoms with Gasteiger partial charge in [-0.25, -0.2) is 0 Å². The third-order valence-corrected chi connectivity index (χ3v) is 4.08. The van der Waals surface area contributed by atoms with E-state index in [0.717, 1.165) is 5.75 Å². The number of hydrogen-bond donors (Lipinski definition) is 1. The van der Waals surface area contributed by atoms with E-state index < -0.39 is 5.97 Å². The van der Waals surface area contributed by atoms with Crippen LogP contribution in [0.4, 0.5) is 0 Å². The van der Waals surface area contributed by atoms with Gasteiger partial charge in [0.05, 0.1) is 6.42 Å². The molecule has 2 rings (SSSR count). The summed E-state index contributed by atoms with van der Waals surface area (Å²) in [7, 11) is 0. The van der Waals surface area contributed by atoms with Crippen LogP contribution >= 0.6 is 11.8 Å². The standard InChI is InChI=1S/C15H16O2S/c1-11(9-15(16)17)18-10-13-7-4-6-12-5-2-3-8-14(12)13/h2-8,11H,9-10H2,1H3,(H,16,17). The van der Waals surface area contributed by atoms with Gasteiger partial charge in [0.1, 0.15) is 0 Å². The Morgan fingerprint density at radius 1 is 1.22 bits per heavy atom. The molecule has 0 spiro atoms. The molecule has 3 heteroatoms. The Hall–Kier alpha value is -1.48. The normalized spacial score (nSPS) is 12.5. The lowest BCUT2D eigenvalue weighted by molar-refractivity contribution is -0.136. The number of fused-ring (bicyclic) bond motifs is 1. The maximum absolute atomic E-state index is 10.6. The smallest absolute Gasteiger partial charge is 0.304 e. The second-order valence-electron chi connectivity index (χ2n) is 4.36. The molecule has 0 heterocycles. The third kappa shape index (κ3) is 3.26. The van der Waals surface area contributed by atoms with E-state index in [4.69, 9.17) is 5.11 Å². The molecule has 0 aliphatic heterocycles. The number of rotatable bonds is 5. The zero-order chi connectivity index (χ0) is 13.0. The fourth-order valence-corrected chi connectivity index (χ4v) is 2.93. The summed E-state index contributed by atoms with van der Waals surface area (Å²) in [5.74, 6) is 0.128. The monoisotopic (exact) mass is 260 g/mol. The van der Waals surface area contributed by atoms with Crippen molar-refractivity contribution in [1.82, 2.24) is 0 Å². The zero-order valence-corrected chi connectivity index (χ0v) is 11.1. The highest BCUT2D eigenvalue weighted by atomic mass is 32.2. The number of carbonyl (C=O) groups is 1. The highest BCUT2D eigenvalue weighted by Gasteiger charge is 2.09. The molecule has 2 aromatic rings. The van der Waals surface area contributed by atoms with Crippen molar-refractivity contribution in [3.63, 3.8) is 0 Å². The van der Waals surface area contributed by atoms with Gasteiger partial charge in [0, 0.05) is 11.0 Å². The van der Waals surface area contributed by atoms with E-state index in [1.807, 2.05) is 19.1 Å². The molecular weight excluding hydrogens is 244 g/mol. The molecule has 0 saturated heterocycles. The van der Waals surface area contributed by atoms with Crippen LogP contribution in [0.25, 0.3) is 10.8 Å². The fourth-order valence-electron chi connectivity index (χ4n) is 1.96. The van der Waals surface area contributed by atoms with Crippen LogP contribution in [-0.2, 0) is 10.5 Å². The molecule has 2 nitrogen and oxygen atoms in total. The van der Waals surface area contributed by atoms with Gasteiger partial charge in [-0.1, -0.05) is 49.4 Å². The molecule has 1 atom stereocenters. The molecule has 0 radical (unpaired) electrons. The summed E-state index contributed by atoms with van der Waals surface area (Å²) in [6.07, 6.45) is 0.218. The Kier molecular flexibility index (Phi) is 4.26. The van der Waals surface area contributed by atoms with Crippen LogP contribution < -0.4 is 0 Å². The summed E-state index contributed by atoms with van der Waals surface area (Å²) in [6, 6.07) is 14.6. The maximum atomic E-state index is 10.6. The second-order valence-corrected chi connectivity index (χ2v) is 5.78. The van der Waals surface area contributed by atoms with Crippen molar-refractivity contribution in [2.24, 2.45) is 0 Å². The van der Waals surface area contributed by atoms with Crippen molar-refractivity contribution in [2.75, 3.05) is 0 Å². The quantitative estimate of drug-likeness (QED) is 0.884. The van der Waals surface area contributed by atoms with Gasteiger partial charge in [-0.05, 0) is 16.3 Å². The van der Waals surface area contributed by atoms with Gasteiger partial charge in [-0.15, -0.1) is 0 Å². The first-order valence-electron chi connectivity index (χ1n) is 5.97. The van der Waals surface area contributed by atoms with Crippen LogP contribution in [0.15, 0.2) is 42.5 Å². The topological polar surface area (TPSA) is 37.3 Å². The summed E-state index contributed by atoms with van der Waals surface area (Å²) in [5, 5.41) is 11.4. The molecule has 18 heavy (non-hydrogen) atoms. The Morgan fingerprint density at radius 3 is 2.72 bits per heavy atom. The fraction of sp³-hybridized carbons (Fsp3) is 0.267. The van der Waals surface area contributed by atoms with E-state index >= 15 is 0 Å². The van der Waals surface area contributed by atoms with Crippen molar-refractivity contribution in [3.8, 4) is 0 Å². The average molecular weight is 260 g/mol. The van der Waals surface area contributed by atoms with Crippen molar-refractivity contribution in [2.45, 2.75) is 24.3 Å². The minimum Gasteiger partial charge on any atom is -0.481 e. The molecule has 1 N–H and O–H groups in total. The van der Waals surface area contributed by atoms with Crippen LogP contribution in [0.5, 0.6) is 0 Å². The molecule has 0 fully saturated rings. The zero-order valence-electron chi connectivity index (χ0n) is 10.3. The van der Waals surface area contributed by atoms with Crippen LogP contribution in [0.1, 0.15) is 18.9 Å². The predicted molar refractivity (Wildman–Crippen MR) is 77.0 cm³/mol. The molecule has 0 amide bonds. The van der Waals surface area contributed by atoms with E-state index in [-0.39, 0.29) is 11.7 Å². The number of carboxylic acids is 1. The van der Waals surface area contributed by atoms with Gasteiger partial charge < -0.3 is 5.11 Å². The lowest BCUT2D eigenvalue weighted by atomic mass is 10.1. The van der Waals surface area contributed by atoms with Crippen LogP contribution in [0, 0.1) is 0 Å². The Bertz CT molecular complexity index is 546. The maximum Gasteiger partial charge on any atom is 0.304 e. The number of thioether (sulfide) groups is 1. The molecule has 0 bridgehead atoms. The molecular formula is C15H16O2S. The highest BCUT2D eigenvalue weighted by Crippen LogP contribution is 2.25. The van der Waals surface area contributed by atoms with Crippen molar-refractivity contribution < 1.29 is 9.90 Å². The van der Waals surface area contributed by atoms with Crippen LogP contribution in [0.2, 0.25) is 0 Å². The van der Waals surface area contributed by atoms with Gasteiger partial charge in [0.15, 0.2) is 0 Å². The summed E-state index contributed by atoms with van der Waals surface area (Å²) in [6.45, 7) is 1.96. The average Bonchev–Trinajstić information content (AvgIpc) is 2.35. The molecule has 0 aliphatic carbocycles. The largest absolute Gasteiger partial charge is 0.481 e. The summed E-state index contributed by atoms with van der Waals surface area (Å²) < 4.78 is 0. The van der Waals surface area contributed by atoms with E-state index in [1.165, 1.54) is 16.3 Å². The number of carboxylic acid groups (broad SMARTS) is 1. The summed E-state index contributed by atoms with van der Waals surface area (Å²) >= 11 is 1.69. The predicted octanol–water partition coefficient (Wildman–Crippen LogP) is 3.94. The molecule has 2 aromatic carbocycles. The van der Waals surface area contributed by atoms with E-state index in [0.29, 0.717) is 0 Å². The van der Waals surface area contributed by atoms with Gasteiger partial charge in [-0.3, -0.25) is 4.79 Å². The van der Waals surface area contributed by atoms with E-state index in [1.54, 1.807) is 11.8 Å². The number of benzene rings is 2. The Morgan fingerprint density at radius 2 is 1.94 bits per heavy atom. The first kappa shape index (κ1) is 13.0. The third-order valence-electron chi connectivity index (χ3n) is 2.87. The first-order chi connectivity index (χ1) is 8.66. The first-order valence-corrected chi connectivity index (χ1v) is 7.01. The van der Waals surface area contributed by atoms with E-state index in [9.17, 15) is 4.79 Å². The molecule has 1 unspecified atom stereocenters. The van der Waals surface area contributed by atoms with Gasteiger partial charge in [0.2, 0.25) is 0 Å².